The largest absolute Gasteiger partial charge is 0.381 e. The van der Waals surface area contributed by atoms with E-state index >= 15 is 0 Å². The molecule has 188 valence electrons. The van der Waals surface area contributed by atoms with Gasteiger partial charge in [-0.05, 0) is 74.7 Å². The number of ether oxygens (including phenoxy) is 1. The number of nitrogens with zero attached hydrogens (tertiary/aromatic N) is 5. The molecule has 9 heteroatoms. The minimum atomic E-state index is -0.627. The Morgan fingerprint density at radius 1 is 1.11 bits per heavy atom. The van der Waals surface area contributed by atoms with Crippen LogP contribution in [0, 0.1) is 11.3 Å². The van der Waals surface area contributed by atoms with Gasteiger partial charge in [0.25, 0.3) is 5.91 Å². The lowest BCUT2D eigenvalue weighted by molar-refractivity contribution is 0.0359. The highest BCUT2D eigenvalue weighted by Crippen LogP contribution is 2.27. The van der Waals surface area contributed by atoms with E-state index in [2.05, 4.69) is 31.3 Å². The van der Waals surface area contributed by atoms with Gasteiger partial charge >= 0.3 is 0 Å². The molecular weight excluding hydrogens is 466 g/mol. The molecule has 1 aliphatic rings. The lowest BCUT2D eigenvalue weighted by atomic mass is 9.86. The molecule has 2 N–H and O–H groups in total. The van der Waals surface area contributed by atoms with Crippen LogP contribution in [0.2, 0.25) is 0 Å². The third kappa shape index (κ3) is 5.15. The molecule has 0 atom stereocenters. The Hall–Kier alpha value is -4.29. The summed E-state index contributed by atoms with van der Waals surface area (Å²) in [6.45, 7) is 5.12. The number of H-pyrrole nitrogens is 1. The number of benzene rings is 1. The smallest absolute Gasteiger partial charge is 0.270 e. The lowest BCUT2D eigenvalue weighted by Gasteiger charge is -2.30. The number of aromatic nitrogens is 4. The zero-order chi connectivity index (χ0) is 26.0. The fraction of sp³-hybridized carbons (Fsp3) is 0.321. The third-order valence-electron chi connectivity index (χ3n) is 6.85. The molecule has 1 saturated heterocycles. The van der Waals surface area contributed by atoms with E-state index in [0.29, 0.717) is 36.2 Å². The summed E-state index contributed by atoms with van der Waals surface area (Å²) in [5.74, 6) is 0.401. The number of aromatic amines is 1. The summed E-state index contributed by atoms with van der Waals surface area (Å²) in [7, 11) is 1.85. The van der Waals surface area contributed by atoms with Gasteiger partial charge in [0.2, 0.25) is 5.95 Å². The Morgan fingerprint density at radius 3 is 2.68 bits per heavy atom. The quantitative estimate of drug-likeness (QED) is 0.394. The molecule has 1 aliphatic heterocycles. The Bertz CT molecular complexity index is 1480. The second kappa shape index (κ2) is 9.99. The lowest BCUT2D eigenvalue weighted by Crippen LogP contribution is -2.40. The minimum absolute atomic E-state index is 0.0250. The molecule has 4 aromatic rings. The number of pyridine rings is 1. The Labute approximate surface area is 215 Å². The van der Waals surface area contributed by atoms with Crippen molar-refractivity contribution in [2.24, 2.45) is 0 Å². The van der Waals surface area contributed by atoms with Crippen LogP contribution in [0.3, 0.4) is 0 Å². The SMILES string of the molecule is CN(C(=O)c1cc2cc(Nc3nccc(-c4cc(C(C)(C)C#N)ccn4)n3)ccc2[nH]1)C1CCOCC1. The van der Waals surface area contributed by atoms with Gasteiger partial charge in [-0.15, -0.1) is 0 Å². The highest BCUT2D eigenvalue weighted by molar-refractivity contribution is 5.98. The zero-order valence-corrected chi connectivity index (χ0v) is 21.2. The third-order valence-corrected chi connectivity index (χ3v) is 6.85. The van der Waals surface area contributed by atoms with Gasteiger partial charge in [0, 0.05) is 55.3 Å². The van der Waals surface area contributed by atoms with Gasteiger partial charge in [-0.25, -0.2) is 9.97 Å². The Balaban J connectivity index is 1.35. The van der Waals surface area contributed by atoms with E-state index in [9.17, 15) is 10.1 Å². The maximum atomic E-state index is 13.1. The van der Waals surface area contributed by atoms with Gasteiger partial charge < -0.3 is 19.9 Å². The van der Waals surface area contributed by atoms with Crippen LogP contribution in [0.25, 0.3) is 22.3 Å². The van der Waals surface area contributed by atoms with Crippen molar-refractivity contribution in [3.05, 3.63) is 66.1 Å². The molecule has 0 bridgehead atoms. The topological polar surface area (TPSA) is 120 Å². The number of carbonyl (C=O) groups excluding carboxylic acids is 1. The number of anilines is 2. The summed E-state index contributed by atoms with van der Waals surface area (Å²) in [6, 6.07) is 15.7. The molecule has 0 aliphatic carbocycles. The number of hydrogen-bond donors (Lipinski definition) is 2. The molecule has 4 heterocycles. The Kier molecular flexibility index (Phi) is 6.59. The van der Waals surface area contributed by atoms with Crippen molar-refractivity contribution in [3.63, 3.8) is 0 Å². The first kappa shape index (κ1) is 24.4. The summed E-state index contributed by atoms with van der Waals surface area (Å²) in [6.07, 6.45) is 5.07. The number of amides is 1. The number of fused-ring (bicyclic) bond motifs is 1. The van der Waals surface area contributed by atoms with Crippen molar-refractivity contribution < 1.29 is 9.53 Å². The van der Waals surface area contributed by atoms with E-state index in [0.717, 1.165) is 35.0 Å². The Morgan fingerprint density at radius 2 is 1.89 bits per heavy atom. The van der Waals surface area contributed by atoms with Crippen LogP contribution in [0.5, 0.6) is 0 Å². The summed E-state index contributed by atoms with van der Waals surface area (Å²) in [4.78, 5) is 31.5. The van der Waals surface area contributed by atoms with Crippen LogP contribution in [0.4, 0.5) is 11.6 Å². The minimum Gasteiger partial charge on any atom is -0.381 e. The van der Waals surface area contributed by atoms with Crippen LogP contribution in [-0.4, -0.2) is 57.0 Å². The summed E-state index contributed by atoms with van der Waals surface area (Å²) in [5.41, 5.74) is 3.81. The van der Waals surface area contributed by atoms with Gasteiger partial charge in [-0.1, -0.05) is 0 Å². The molecule has 0 radical (unpaired) electrons. The van der Waals surface area contributed by atoms with Crippen molar-refractivity contribution in [2.45, 2.75) is 38.1 Å². The molecular formula is C28H29N7O2. The molecule has 0 unspecified atom stereocenters. The molecule has 0 saturated carbocycles. The van der Waals surface area contributed by atoms with Gasteiger partial charge in [0.1, 0.15) is 5.69 Å². The van der Waals surface area contributed by atoms with E-state index in [1.807, 2.05) is 62.2 Å². The predicted octanol–water partition coefficient (Wildman–Crippen LogP) is 4.82. The molecule has 5 rings (SSSR count). The normalized spacial score (nSPS) is 14.3. The molecule has 1 fully saturated rings. The van der Waals surface area contributed by atoms with Gasteiger partial charge in [0.05, 0.1) is 22.9 Å². The van der Waals surface area contributed by atoms with Crippen molar-refractivity contribution in [2.75, 3.05) is 25.6 Å². The number of carbonyl (C=O) groups is 1. The average molecular weight is 496 g/mol. The van der Waals surface area contributed by atoms with Crippen LogP contribution >= 0.6 is 0 Å². The van der Waals surface area contributed by atoms with E-state index in [-0.39, 0.29) is 11.9 Å². The van der Waals surface area contributed by atoms with Crippen LogP contribution < -0.4 is 5.32 Å². The van der Waals surface area contributed by atoms with Crippen LogP contribution in [0.15, 0.2) is 54.9 Å². The maximum absolute atomic E-state index is 13.1. The van der Waals surface area contributed by atoms with Crippen LogP contribution in [-0.2, 0) is 10.2 Å². The summed E-state index contributed by atoms with van der Waals surface area (Å²) < 4.78 is 5.42. The van der Waals surface area contributed by atoms with Crippen molar-refractivity contribution in [1.82, 2.24) is 24.8 Å². The zero-order valence-electron chi connectivity index (χ0n) is 21.2. The predicted molar refractivity (Wildman–Crippen MR) is 141 cm³/mol. The summed E-state index contributed by atoms with van der Waals surface area (Å²) in [5, 5.41) is 13.6. The highest BCUT2D eigenvalue weighted by Gasteiger charge is 2.24. The van der Waals surface area contributed by atoms with Gasteiger partial charge in [-0.3, -0.25) is 9.78 Å². The molecule has 3 aromatic heterocycles. The van der Waals surface area contributed by atoms with Crippen LogP contribution in [0.1, 0.15) is 42.7 Å². The average Bonchev–Trinajstić information content (AvgIpc) is 3.36. The standard InChI is InChI=1S/C28H29N7O2/c1-28(2,17-29)19-6-10-30-24(16-19)23-7-11-31-27(34-23)32-20-4-5-22-18(14-20)15-25(33-22)26(36)35(3)21-8-12-37-13-9-21/h4-7,10-11,14-16,21,33H,8-9,12-13H2,1-3H3,(H,31,32,34). The molecule has 0 spiro atoms. The van der Waals surface area contributed by atoms with Crippen molar-refractivity contribution >= 4 is 28.4 Å². The van der Waals surface area contributed by atoms with Gasteiger partial charge in [0.15, 0.2) is 0 Å². The van der Waals surface area contributed by atoms with Crippen molar-refractivity contribution in [1.29, 1.82) is 5.26 Å². The van der Waals surface area contributed by atoms with E-state index in [1.54, 1.807) is 18.5 Å². The fourth-order valence-corrected chi connectivity index (χ4v) is 4.47. The fourth-order valence-electron chi connectivity index (χ4n) is 4.47. The first-order chi connectivity index (χ1) is 17.8. The van der Waals surface area contributed by atoms with Gasteiger partial charge in [-0.2, -0.15) is 5.26 Å². The van der Waals surface area contributed by atoms with E-state index in [4.69, 9.17) is 4.74 Å². The number of rotatable bonds is 6. The monoisotopic (exact) mass is 495 g/mol. The number of hydrogen-bond acceptors (Lipinski definition) is 7. The number of nitrogens with one attached hydrogen (secondary N) is 2. The molecule has 37 heavy (non-hydrogen) atoms. The van der Waals surface area contributed by atoms with E-state index < -0.39 is 5.41 Å². The molecule has 1 aromatic carbocycles. The van der Waals surface area contributed by atoms with Crippen molar-refractivity contribution in [3.8, 4) is 17.5 Å². The molecule has 1 amide bonds. The highest BCUT2D eigenvalue weighted by atomic mass is 16.5. The summed E-state index contributed by atoms with van der Waals surface area (Å²) >= 11 is 0. The first-order valence-corrected chi connectivity index (χ1v) is 12.3. The second-order valence-electron chi connectivity index (χ2n) is 9.80. The maximum Gasteiger partial charge on any atom is 0.270 e. The second-order valence-corrected chi connectivity index (χ2v) is 9.80. The van der Waals surface area contributed by atoms with E-state index in [1.165, 1.54) is 0 Å². The molecule has 9 nitrogen and oxygen atoms in total. The number of nitriles is 1. The first-order valence-electron chi connectivity index (χ1n) is 12.3.